The Morgan fingerprint density at radius 1 is 1.07 bits per heavy atom. The van der Waals surface area contributed by atoms with Crippen LogP contribution in [0.5, 0.6) is 11.8 Å². The first-order valence-corrected chi connectivity index (χ1v) is 21.0. The number of ether oxygens (including phenoxy) is 5. The molecule has 4 heterocycles. The third-order valence-corrected chi connectivity index (χ3v) is 11.8. The highest BCUT2D eigenvalue weighted by Crippen LogP contribution is 2.53. The van der Waals surface area contributed by atoms with Crippen molar-refractivity contribution < 1.29 is 32.9 Å². The Morgan fingerprint density at radius 2 is 1.85 bits per heavy atom. The molecule has 3 aliphatic rings. The van der Waals surface area contributed by atoms with Crippen molar-refractivity contribution in [3.8, 4) is 35.2 Å². The van der Waals surface area contributed by atoms with Gasteiger partial charge in [0.2, 0.25) is 0 Å². The highest BCUT2D eigenvalue weighted by Gasteiger charge is 2.37. The standard InChI is InChI=1S/C47H55FN6O6/c1-9-30-13-15-31(16-14-30)27-58-43-41(40-29(3)37(48)23-38-36(40)24-49-54(38)39-12-10-11-21-57-39)34(32-17-18-32)22-35-42(43)50-45(59-26-28(2)56-8)51-44(35)52(7)33-19-20-53(25-33)46(55)60-47(4,5)6/h1,13-16,22-24,28,32-33,39H,10-12,17-21,25-27H2,2-8H3/t28-,33-,39?/m0/s1. The van der Waals surface area contributed by atoms with Crippen LogP contribution < -0.4 is 14.4 Å². The summed E-state index contributed by atoms with van der Waals surface area (Å²) in [5, 5.41) is 6.40. The smallest absolute Gasteiger partial charge is 0.410 e. The van der Waals surface area contributed by atoms with Gasteiger partial charge in [0.15, 0.2) is 12.0 Å². The lowest BCUT2D eigenvalue weighted by molar-refractivity contribution is -0.0366. The zero-order valence-corrected chi connectivity index (χ0v) is 35.7. The van der Waals surface area contributed by atoms with E-state index >= 15 is 4.39 Å². The number of carbonyl (C=O) groups is 1. The van der Waals surface area contributed by atoms with Gasteiger partial charge < -0.3 is 33.5 Å². The second kappa shape index (κ2) is 16.9. The zero-order chi connectivity index (χ0) is 42.3. The van der Waals surface area contributed by atoms with Crippen molar-refractivity contribution in [2.45, 2.75) is 110 Å². The molecule has 3 aromatic carbocycles. The first-order chi connectivity index (χ1) is 28.8. The predicted molar refractivity (Wildman–Crippen MR) is 229 cm³/mol. The van der Waals surface area contributed by atoms with Crippen LogP contribution >= 0.6 is 0 Å². The molecule has 1 saturated carbocycles. The molecular formula is C47H55FN6O6. The van der Waals surface area contributed by atoms with Crippen LogP contribution in [0.1, 0.15) is 101 Å². The number of anilines is 1. The van der Waals surface area contributed by atoms with Crippen molar-refractivity contribution in [1.29, 1.82) is 0 Å². The lowest BCUT2D eigenvalue weighted by atomic mass is 9.88. The number of aromatic nitrogens is 4. The third-order valence-electron chi connectivity index (χ3n) is 11.8. The number of halogens is 1. The number of amides is 1. The van der Waals surface area contributed by atoms with E-state index in [2.05, 4.69) is 16.9 Å². The van der Waals surface area contributed by atoms with Crippen LogP contribution in [0.2, 0.25) is 0 Å². The lowest BCUT2D eigenvalue weighted by Gasteiger charge is -2.29. The third kappa shape index (κ3) is 8.45. The van der Waals surface area contributed by atoms with Crippen LogP contribution in [-0.4, -0.2) is 88.9 Å². The molecule has 0 bridgehead atoms. The number of methoxy groups -OCH3 is 1. The maximum Gasteiger partial charge on any atom is 0.410 e. The van der Waals surface area contributed by atoms with E-state index in [1.807, 2.05) is 76.8 Å². The van der Waals surface area contributed by atoms with Crippen molar-refractivity contribution in [2.75, 3.05) is 45.4 Å². The van der Waals surface area contributed by atoms with Crippen LogP contribution in [0.4, 0.5) is 15.0 Å². The summed E-state index contributed by atoms with van der Waals surface area (Å²) in [6.45, 7) is 11.4. The monoisotopic (exact) mass is 818 g/mol. The molecule has 1 amide bonds. The number of likely N-dealkylation sites (N-methyl/N-ethyl adjacent to an activating group) is 1. The summed E-state index contributed by atoms with van der Waals surface area (Å²) >= 11 is 0. The van der Waals surface area contributed by atoms with Gasteiger partial charge in [-0.25, -0.2) is 13.9 Å². The molecule has 2 aliphatic heterocycles. The van der Waals surface area contributed by atoms with Crippen molar-refractivity contribution in [2.24, 2.45) is 0 Å². The number of benzene rings is 3. The number of likely N-dealkylation sites (tertiary alicyclic amines) is 1. The zero-order valence-electron chi connectivity index (χ0n) is 35.7. The molecule has 0 spiro atoms. The van der Waals surface area contributed by atoms with E-state index in [9.17, 15) is 4.79 Å². The SMILES string of the molecule is C#Cc1ccc(COc2c(-c3c(C)c(F)cc4c3cnn4C3CCCCO3)c(C3CC3)cc3c(N(C)[C@H]4CCN(C(=O)OC(C)(C)C)C4)nc(OC[C@H](C)OC)nc23)cc1. The number of terminal acetylenes is 1. The highest BCUT2D eigenvalue weighted by atomic mass is 19.1. The van der Waals surface area contributed by atoms with Gasteiger partial charge in [0, 0.05) is 73.4 Å². The molecule has 5 aromatic rings. The Labute approximate surface area is 351 Å². The Bertz CT molecular complexity index is 2430. The Balaban J connectivity index is 1.34. The molecule has 60 heavy (non-hydrogen) atoms. The number of fused-ring (bicyclic) bond motifs is 2. The van der Waals surface area contributed by atoms with E-state index in [1.165, 1.54) is 0 Å². The first kappa shape index (κ1) is 41.3. The molecule has 8 rings (SSSR count). The van der Waals surface area contributed by atoms with Gasteiger partial charge in [-0.1, -0.05) is 18.1 Å². The van der Waals surface area contributed by atoms with Gasteiger partial charge in [0.1, 0.15) is 36.0 Å². The fraction of sp³-hybridized carbons (Fsp3) is 0.489. The molecular weight excluding hydrogens is 764 g/mol. The average molecular weight is 819 g/mol. The molecule has 1 unspecified atom stereocenters. The molecule has 0 radical (unpaired) electrons. The Kier molecular flexibility index (Phi) is 11.6. The van der Waals surface area contributed by atoms with Crippen molar-refractivity contribution in [3.63, 3.8) is 0 Å². The molecule has 13 heteroatoms. The fourth-order valence-corrected chi connectivity index (χ4v) is 8.23. The van der Waals surface area contributed by atoms with Crippen LogP contribution in [0.3, 0.4) is 0 Å². The van der Waals surface area contributed by atoms with Crippen LogP contribution in [0.15, 0.2) is 42.6 Å². The molecule has 3 fully saturated rings. The van der Waals surface area contributed by atoms with Gasteiger partial charge in [-0.05, 0) is 114 Å². The molecule has 2 saturated heterocycles. The molecule has 1 aliphatic carbocycles. The minimum atomic E-state index is -0.611. The number of hydrogen-bond acceptors (Lipinski definition) is 10. The topological polar surface area (TPSA) is 113 Å². The van der Waals surface area contributed by atoms with Gasteiger partial charge in [0.25, 0.3) is 0 Å². The first-order valence-electron chi connectivity index (χ1n) is 21.0. The van der Waals surface area contributed by atoms with Gasteiger partial charge in [-0.15, -0.1) is 6.42 Å². The summed E-state index contributed by atoms with van der Waals surface area (Å²) in [4.78, 5) is 27.2. The molecule has 12 nitrogen and oxygen atoms in total. The average Bonchev–Trinajstić information content (AvgIpc) is 3.81. The highest BCUT2D eigenvalue weighted by molar-refractivity contribution is 6.06. The minimum absolute atomic E-state index is 0.0811. The van der Waals surface area contributed by atoms with E-state index < -0.39 is 5.60 Å². The number of carbonyl (C=O) groups excluding carboxylic acids is 1. The van der Waals surface area contributed by atoms with Crippen LogP contribution in [0, 0.1) is 25.1 Å². The van der Waals surface area contributed by atoms with Crippen LogP contribution in [0.25, 0.3) is 32.9 Å². The molecule has 2 aromatic heterocycles. The predicted octanol–water partition coefficient (Wildman–Crippen LogP) is 9.09. The van der Waals surface area contributed by atoms with Crippen LogP contribution in [-0.2, 0) is 20.8 Å². The van der Waals surface area contributed by atoms with Gasteiger partial charge in [0.05, 0.1) is 17.8 Å². The number of rotatable bonds is 12. The summed E-state index contributed by atoms with van der Waals surface area (Å²) in [6.07, 6.45) is 12.1. The van der Waals surface area contributed by atoms with E-state index in [1.54, 1.807) is 18.1 Å². The minimum Gasteiger partial charge on any atom is -0.486 e. The molecule has 3 atom stereocenters. The van der Waals surface area contributed by atoms with E-state index in [0.29, 0.717) is 59.8 Å². The van der Waals surface area contributed by atoms with E-state index in [-0.39, 0.29) is 55.4 Å². The largest absolute Gasteiger partial charge is 0.486 e. The second-order valence-corrected chi connectivity index (χ2v) is 17.3. The Hall–Kier alpha value is -5.45. The molecule has 0 N–H and O–H groups in total. The van der Waals surface area contributed by atoms with Gasteiger partial charge >= 0.3 is 12.1 Å². The summed E-state index contributed by atoms with van der Waals surface area (Å²) in [5.74, 6) is 3.67. The summed E-state index contributed by atoms with van der Waals surface area (Å²) < 4.78 is 49.0. The lowest BCUT2D eigenvalue weighted by Crippen LogP contribution is -2.39. The summed E-state index contributed by atoms with van der Waals surface area (Å²) in [7, 11) is 3.62. The normalized spacial score (nSPS) is 18.8. The quantitative estimate of drug-likeness (QED) is 0.113. The fourth-order valence-electron chi connectivity index (χ4n) is 8.23. The summed E-state index contributed by atoms with van der Waals surface area (Å²) in [6, 6.07) is 11.5. The Morgan fingerprint density at radius 3 is 2.53 bits per heavy atom. The summed E-state index contributed by atoms with van der Waals surface area (Å²) in [5.41, 5.74) is 5.24. The van der Waals surface area contributed by atoms with Crippen molar-refractivity contribution >= 4 is 33.7 Å². The van der Waals surface area contributed by atoms with E-state index in [0.717, 1.165) is 65.1 Å². The van der Waals surface area contributed by atoms with Crippen molar-refractivity contribution in [1.82, 2.24) is 24.6 Å². The number of nitrogens with zero attached hydrogens (tertiary/aromatic N) is 6. The maximum absolute atomic E-state index is 16.5. The maximum atomic E-state index is 16.5. The van der Waals surface area contributed by atoms with Gasteiger partial charge in [-0.2, -0.15) is 15.1 Å². The second-order valence-electron chi connectivity index (χ2n) is 17.3. The molecule has 316 valence electrons. The van der Waals surface area contributed by atoms with Crippen molar-refractivity contribution in [3.05, 3.63) is 70.7 Å². The number of hydrogen-bond donors (Lipinski definition) is 0. The van der Waals surface area contributed by atoms with E-state index in [4.69, 9.17) is 45.2 Å². The van der Waals surface area contributed by atoms with Gasteiger partial charge in [-0.3, -0.25) is 0 Å².